The molecule has 0 spiro atoms. The second-order valence-corrected chi connectivity index (χ2v) is 2.71. The van der Waals surface area contributed by atoms with Gasteiger partial charge in [0.2, 0.25) is 5.90 Å². The number of para-hydroxylation sites is 1. The Hall–Kier alpha value is -2.37. The lowest BCUT2D eigenvalue weighted by atomic mass is 10.1. The summed E-state index contributed by atoms with van der Waals surface area (Å²) in [6.45, 7) is 0. The molecule has 6 nitrogen and oxygen atoms in total. The summed E-state index contributed by atoms with van der Waals surface area (Å²) in [7, 11) is 0. The number of rotatable bonds is 2. The van der Waals surface area contributed by atoms with E-state index in [-0.39, 0.29) is 5.71 Å². The van der Waals surface area contributed by atoms with Crippen LogP contribution in [0, 0.1) is 10.8 Å². The van der Waals surface area contributed by atoms with Crippen LogP contribution in [0.3, 0.4) is 0 Å². The van der Waals surface area contributed by atoms with E-state index in [0.29, 0.717) is 11.3 Å². The molecule has 15 heavy (non-hydrogen) atoms. The third kappa shape index (κ3) is 2.53. The van der Waals surface area contributed by atoms with Gasteiger partial charge in [-0.15, -0.1) is 0 Å². The number of nitrogens with one attached hydrogen (secondary N) is 2. The number of hydrogen-bond acceptors (Lipinski definition) is 5. The van der Waals surface area contributed by atoms with Gasteiger partial charge in [0.1, 0.15) is 5.71 Å². The molecule has 0 aromatic heterocycles. The molecule has 6 heteroatoms. The normalized spacial score (nSPS) is 9.33. The molecule has 1 rings (SSSR count). The first-order chi connectivity index (χ1) is 7.02. The maximum Gasteiger partial charge on any atom is 0.411 e. The van der Waals surface area contributed by atoms with Crippen LogP contribution < -0.4 is 11.5 Å². The molecule has 0 fully saturated rings. The summed E-state index contributed by atoms with van der Waals surface area (Å²) >= 11 is 0. The average Bonchev–Trinajstić information content (AvgIpc) is 2.16. The van der Waals surface area contributed by atoms with Gasteiger partial charge in [-0.3, -0.25) is 10.8 Å². The quantitative estimate of drug-likeness (QED) is 0.323. The van der Waals surface area contributed by atoms with Crippen molar-refractivity contribution in [1.29, 1.82) is 10.8 Å². The zero-order chi connectivity index (χ0) is 11.4. The number of amides is 1. The van der Waals surface area contributed by atoms with E-state index in [1.54, 1.807) is 24.3 Å². The molecule has 0 unspecified atom stereocenters. The third-order valence-electron chi connectivity index (χ3n) is 1.66. The standard InChI is InChI=1S/C9H10N4O2/c10-6-4-2-1-3-5(6)7(11)8(12)15-9(13)14/h1-4,11-12H,10H2,(H2,13,14). The van der Waals surface area contributed by atoms with Crippen LogP contribution in [0.25, 0.3) is 0 Å². The van der Waals surface area contributed by atoms with Crippen LogP contribution in [0.5, 0.6) is 0 Å². The Morgan fingerprint density at radius 3 is 2.40 bits per heavy atom. The Morgan fingerprint density at radius 1 is 1.27 bits per heavy atom. The fourth-order valence-corrected chi connectivity index (χ4v) is 0.999. The van der Waals surface area contributed by atoms with Gasteiger partial charge in [-0.2, -0.15) is 0 Å². The van der Waals surface area contributed by atoms with Crippen LogP contribution in [0.15, 0.2) is 24.3 Å². The molecule has 0 atom stereocenters. The second kappa shape index (κ2) is 4.23. The molecular formula is C9H10N4O2. The van der Waals surface area contributed by atoms with Crippen LogP contribution in [0.4, 0.5) is 10.5 Å². The number of hydrogen-bond donors (Lipinski definition) is 4. The first kappa shape index (κ1) is 10.7. The average molecular weight is 206 g/mol. The van der Waals surface area contributed by atoms with Crippen LogP contribution in [0.1, 0.15) is 5.56 Å². The van der Waals surface area contributed by atoms with E-state index in [0.717, 1.165) is 0 Å². The fraction of sp³-hybridized carbons (Fsp3) is 0. The first-order valence-corrected chi connectivity index (χ1v) is 4.02. The van der Waals surface area contributed by atoms with Gasteiger partial charge in [0.05, 0.1) is 0 Å². The fourth-order valence-electron chi connectivity index (χ4n) is 0.999. The summed E-state index contributed by atoms with van der Waals surface area (Å²) in [4.78, 5) is 10.4. The van der Waals surface area contributed by atoms with Crippen molar-refractivity contribution in [1.82, 2.24) is 0 Å². The highest BCUT2D eigenvalue weighted by Gasteiger charge is 2.13. The number of primary amides is 1. The number of nitrogens with two attached hydrogens (primary N) is 2. The molecule has 0 radical (unpaired) electrons. The van der Waals surface area contributed by atoms with Crippen molar-refractivity contribution in [3.8, 4) is 0 Å². The van der Waals surface area contributed by atoms with Gasteiger partial charge in [-0.25, -0.2) is 4.79 Å². The molecule has 0 saturated carbocycles. The molecule has 0 bridgehead atoms. The van der Waals surface area contributed by atoms with Crippen molar-refractivity contribution in [2.75, 3.05) is 5.73 Å². The van der Waals surface area contributed by atoms with E-state index in [1.165, 1.54) is 0 Å². The Balaban J connectivity index is 2.91. The SMILES string of the molecule is N=C(OC(N)=O)C(=N)c1ccccc1N. The number of nitrogen functional groups attached to an aromatic ring is 1. The minimum absolute atomic E-state index is 0.285. The molecule has 0 aliphatic carbocycles. The van der Waals surface area contributed by atoms with Gasteiger partial charge in [0.15, 0.2) is 0 Å². The summed E-state index contributed by atoms with van der Waals surface area (Å²) < 4.78 is 4.26. The van der Waals surface area contributed by atoms with Crippen molar-refractivity contribution in [3.05, 3.63) is 29.8 Å². The molecule has 0 aliphatic heterocycles. The lowest BCUT2D eigenvalue weighted by Crippen LogP contribution is -2.24. The Bertz CT molecular complexity index is 428. The minimum atomic E-state index is -1.13. The van der Waals surface area contributed by atoms with Gasteiger partial charge in [-0.05, 0) is 6.07 Å². The highest BCUT2D eigenvalue weighted by Crippen LogP contribution is 2.11. The highest BCUT2D eigenvalue weighted by atomic mass is 16.6. The summed E-state index contributed by atoms with van der Waals surface area (Å²) in [6, 6.07) is 6.50. The van der Waals surface area contributed by atoms with Crippen molar-refractivity contribution in [3.63, 3.8) is 0 Å². The zero-order valence-electron chi connectivity index (χ0n) is 7.78. The molecule has 0 saturated heterocycles. The van der Waals surface area contributed by atoms with E-state index in [4.69, 9.17) is 22.3 Å². The molecule has 0 heterocycles. The van der Waals surface area contributed by atoms with E-state index in [2.05, 4.69) is 4.74 Å². The van der Waals surface area contributed by atoms with Crippen molar-refractivity contribution < 1.29 is 9.53 Å². The molecule has 1 aromatic carbocycles. The number of anilines is 1. The molecule has 1 aromatic rings. The van der Waals surface area contributed by atoms with Gasteiger partial charge in [-0.1, -0.05) is 18.2 Å². The number of carbonyl (C=O) groups is 1. The molecule has 6 N–H and O–H groups in total. The molecule has 78 valence electrons. The maximum atomic E-state index is 10.4. The molecular weight excluding hydrogens is 196 g/mol. The Morgan fingerprint density at radius 2 is 1.87 bits per heavy atom. The van der Waals surface area contributed by atoms with E-state index in [1.807, 2.05) is 0 Å². The molecule has 1 amide bonds. The Labute approximate surface area is 85.9 Å². The van der Waals surface area contributed by atoms with Crippen molar-refractivity contribution in [2.24, 2.45) is 5.73 Å². The largest absolute Gasteiger partial charge is 0.411 e. The summed E-state index contributed by atoms with van der Waals surface area (Å²) in [5.41, 5.74) is 10.7. The van der Waals surface area contributed by atoms with Gasteiger partial charge in [0, 0.05) is 11.3 Å². The topological polar surface area (TPSA) is 126 Å². The van der Waals surface area contributed by atoms with Crippen molar-refractivity contribution in [2.45, 2.75) is 0 Å². The predicted molar refractivity (Wildman–Crippen MR) is 56.1 cm³/mol. The lowest BCUT2D eigenvalue weighted by molar-refractivity contribution is 0.208. The summed E-state index contributed by atoms with van der Waals surface area (Å²) in [5.74, 6) is -0.625. The smallest absolute Gasteiger partial charge is 0.398 e. The van der Waals surface area contributed by atoms with Gasteiger partial charge >= 0.3 is 6.09 Å². The second-order valence-electron chi connectivity index (χ2n) is 2.71. The van der Waals surface area contributed by atoms with E-state index in [9.17, 15) is 4.79 Å². The summed E-state index contributed by atoms with van der Waals surface area (Å²) in [6.07, 6.45) is -1.13. The van der Waals surface area contributed by atoms with Gasteiger partial charge in [0.25, 0.3) is 0 Å². The first-order valence-electron chi connectivity index (χ1n) is 4.02. The number of ether oxygens (including phenoxy) is 1. The minimum Gasteiger partial charge on any atom is -0.398 e. The zero-order valence-corrected chi connectivity index (χ0v) is 7.78. The Kier molecular flexibility index (Phi) is 3.02. The highest BCUT2D eigenvalue weighted by molar-refractivity contribution is 6.45. The predicted octanol–water partition coefficient (Wildman–Crippen LogP) is 0.709. The number of benzene rings is 1. The van der Waals surface area contributed by atoms with Crippen LogP contribution in [-0.2, 0) is 4.74 Å². The van der Waals surface area contributed by atoms with Crippen LogP contribution in [-0.4, -0.2) is 17.7 Å². The van der Waals surface area contributed by atoms with Crippen LogP contribution >= 0.6 is 0 Å². The third-order valence-corrected chi connectivity index (χ3v) is 1.66. The lowest BCUT2D eigenvalue weighted by Gasteiger charge is -2.07. The monoisotopic (exact) mass is 206 g/mol. The maximum absolute atomic E-state index is 10.4. The van der Waals surface area contributed by atoms with Crippen LogP contribution in [0.2, 0.25) is 0 Å². The molecule has 0 aliphatic rings. The van der Waals surface area contributed by atoms with Crippen molar-refractivity contribution >= 4 is 23.4 Å². The van der Waals surface area contributed by atoms with E-state index >= 15 is 0 Å². The van der Waals surface area contributed by atoms with E-state index < -0.39 is 12.0 Å². The number of carbonyl (C=O) groups excluding carboxylic acids is 1. The van der Waals surface area contributed by atoms with Gasteiger partial charge < -0.3 is 16.2 Å². The summed E-state index contributed by atoms with van der Waals surface area (Å²) in [5, 5.41) is 14.8.